The second kappa shape index (κ2) is 13.2. The second-order valence-corrected chi connectivity index (χ2v) is 17.8. The van der Waals surface area contributed by atoms with Gasteiger partial charge in [0.25, 0.3) is 21.1 Å². The molecular weight excluding hydrogens is 689 g/mol. The molecule has 2 aromatic carbocycles. The van der Waals surface area contributed by atoms with Crippen molar-refractivity contribution in [1.82, 2.24) is 29.1 Å². The Bertz CT molecular complexity index is 2210. The molecule has 1 N–H and O–H groups in total. The third-order valence-electron chi connectivity index (χ3n) is 12.6. The SMILES string of the molecule is COc1ccc2c(c1)[C@H](C)C(C)(C(=O)N1C3CCC1CN(C)C3)Cn1c-2c(C2CCCCC2)c2ccc(C(=O)NS(=O)(=O)c3nc(C)cc(C)n3)cc21. The van der Waals surface area contributed by atoms with Gasteiger partial charge in [-0.3, -0.25) is 9.59 Å². The van der Waals surface area contributed by atoms with Crippen molar-refractivity contribution in [3.8, 4) is 17.0 Å². The fraction of sp³-hybridized carbons (Fsp3) is 0.512. The Labute approximate surface area is 312 Å². The van der Waals surface area contributed by atoms with Gasteiger partial charge in [-0.15, -0.1) is 0 Å². The number of aromatic nitrogens is 3. The van der Waals surface area contributed by atoms with E-state index in [0.29, 0.717) is 23.9 Å². The van der Waals surface area contributed by atoms with Gasteiger partial charge < -0.3 is 19.1 Å². The van der Waals surface area contributed by atoms with Gasteiger partial charge in [-0.1, -0.05) is 32.3 Å². The van der Waals surface area contributed by atoms with Crippen LogP contribution in [0.3, 0.4) is 0 Å². The fourth-order valence-electron chi connectivity index (χ4n) is 9.86. The summed E-state index contributed by atoms with van der Waals surface area (Å²) < 4.78 is 37.0. The number of carbonyl (C=O) groups is 2. The molecule has 2 amide bonds. The highest BCUT2D eigenvalue weighted by Gasteiger charge is 2.52. The molecule has 3 unspecified atom stereocenters. The van der Waals surface area contributed by atoms with E-state index in [0.717, 1.165) is 85.1 Å². The van der Waals surface area contributed by atoms with Gasteiger partial charge in [0, 0.05) is 65.1 Å². The quantitative estimate of drug-likeness (QED) is 0.228. The number of rotatable bonds is 6. The molecule has 5 heterocycles. The van der Waals surface area contributed by atoms with Crippen LogP contribution in [-0.2, 0) is 21.4 Å². The van der Waals surface area contributed by atoms with Crippen LogP contribution in [0.2, 0.25) is 0 Å². The predicted octanol–water partition coefficient (Wildman–Crippen LogP) is 6.32. The monoisotopic (exact) mass is 738 g/mol. The zero-order valence-electron chi connectivity index (χ0n) is 31.6. The van der Waals surface area contributed by atoms with Gasteiger partial charge in [0.05, 0.1) is 18.2 Å². The van der Waals surface area contributed by atoms with Gasteiger partial charge in [0.15, 0.2) is 0 Å². The number of ether oxygens (including phenoxy) is 1. The summed E-state index contributed by atoms with van der Waals surface area (Å²) in [6.45, 7) is 9.83. The minimum absolute atomic E-state index is 0.150. The molecule has 11 nitrogen and oxygen atoms in total. The van der Waals surface area contributed by atoms with Gasteiger partial charge in [0.2, 0.25) is 5.91 Å². The van der Waals surface area contributed by atoms with Crippen LogP contribution in [0.5, 0.6) is 5.75 Å². The molecule has 2 aromatic heterocycles. The molecule has 4 atom stereocenters. The van der Waals surface area contributed by atoms with Crippen molar-refractivity contribution in [1.29, 1.82) is 0 Å². The van der Waals surface area contributed by atoms with Crippen molar-refractivity contribution >= 4 is 32.7 Å². The lowest BCUT2D eigenvalue weighted by Gasteiger charge is -2.45. The first-order valence-electron chi connectivity index (χ1n) is 19.0. The van der Waals surface area contributed by atoms with E-state index < -0.39 is 26.5 Å². The summed E-state index contributed by atoms with van der Waals surface area (Å²) in [4.78, 5) is 41.8. The first kappa shape index (κ1) is 35.7. The number of methoxy groups -OCH3 is 1. The van der Waals surface area contributed by atoms with Gasteiger partial charge >= 0.3 is 0 Å². The van der Waals surface area contributed by atoms with Crippen molar-refractivity contribution in [2.45, 2.75) is 108 Å². The number of benzene rings is 2. The molecule has 12 heteroatoms. The highest BCUT2D eigenvalue weighted by Crippen LogP contribution is 2.53. The largest absolute Gasteiger partial charge is 0.497 e. The lowest BCUT2D eigenvalue weighted by Crippen LogP contribution is -2.59. The molecule has 0 radical (unpaired) electrons. The Hall–Kier alpha value is -4.29. The van der Waals surface area contributed by atoms with Crippen molar-refractivity contribution in [2.75, 3.05) is 27.2 Å². The zero-order chi connectivity index (χ0) is 37.4. The number of sulfonamides is 1. The van der Waals surface area contributed by atoms with Gasteiger partial charge in [-0.25, -0.2) is 14.7 Å². The smallest absolute Gasteiger partial charge is 0.300 e. The highest BCUT2D eigenvalue weighted by atomic mass is 32.2. The molecule has 3 fully saturated rings. The first-order valence-corrected chi connectivity index (χ1v) is 20.5. The van der Waals surface area contributed by atoms with Gasteiger partial charge in [-0.2, -0.15) is 8.42 Å². The Kier molecular flexibility index (Phi) is 8.92. The van der Waals surface area contributed by atoms with E-state index in [1.165, 1.54) is 12.0 Å². The van der Waals surface area contributed by atoms with Gasteiger partial charge in [0.1, 0.15) is 5.75 Å². The van der Waals surface area contributed by atoms with Crippen molar-refractivity contribution in [3.05, 3.63) is 70.5 Å². The van der Waals surface area contributed by atoms with Crippen LogP contribution in [0.4, 0.5) is 0 Å². The molecule has 2 saturated heterocycles. The minimum Gasteiger partial charge on any atom is -0.497 e. The Morgan fingerprint density at radius 1 is 0.925 bits per heavy atom. The van der Waals surface area contributed by atoms with Crippen LogP contribution in [0.25, 0.3) is 22.2 Å². The van der Waals surface area contributed by atoms with E-state index in [1.807, 2.05) is 18.2 Å². The molecule has 1 saturated carbocycles. The van der Waals surface area contributed by atoms with Crippen LogP contribution in [0, 0.1) is 19.3 Å². The van der Waals surface area contributed by atoms with E-state index in [1.54, 1.807) is 33.1 Å². The fourth-order valence-corrected chi connectivity index (χ4v) is 10.8. The van der Waals surface area contributed by atoms with Crippen LogP contribution < -0.4 is 9.46 Å². The molecule has 3 aliphatic heterocycles. The lowest BCUT2D eigenvalue weighted by molar-refractivity contribution is -0.149. The molecule has 8 rings (SSSR count). The third-order valence-corrected chi connectivity index (χ3v) is 13.7. The Balaban J connectivity index is 1.30. The number of likely N-dealkylation sites (tertiary alicyclic amines) is 1. The Morgan fingerprint density at radius 2 is 1.60 bits per heavy atom. The number of likely N-dealkylation sites (N-methyl/N-ethyl adjacent to an activating group) is 1. The number of hydrogen-bond donors (Lipinski definition) is 1. The number of carbonyl (C=O) groups excluding carboxylic acids is 2. The molecule has 1 aliphatic carbocycles. The summed E-state index contributed by atoms with van der Waals surface area (Å²) in [6.07, 6.45) is 7.63. The number of aryl methyl sites for hydroxylation is 2. The maximum atomic E-state index is 15.3. The maximum absolute atomic E-state index is 15.3. The first-order chi connectivity index (χ1) is 25.3. The molecule has 53 heavy (non-hydrogen) atoms. The second-order valence-electron chi connectivity index (χ2n) is 16.2. The van der Waals surface area contributed by atoms with Crippen molar-refractivity contribution in [3.63, 3.8) is 0 Å². The molecular formula is C41H50N6O5S. The van der Waals surface area contributed by atoms with Gasteiger partial charge in [-0.05, 0) is 113 Å². The number of hydrogen-bond acceptors (Lipinski definition) is 8. The molecule has 4 aliphatic rings. The van der Waals surface area contributed by atoms with Crippen LogP contribution in [0.1, 0.15) is 104 Å². The van der Waals surface area contributed by atoms with E-state index in [-0.39, 0.29) is 29.5 Å². The van der Waals surface area contributed by atoms with E-state index >= 15 is 4.79 Å². The van der Waals surface area contributed by atoms with Crippen LogP contribution in [-0.4, -0.2) is 83.9 Å². The summed E-state index contributed by atoms with van der Waals surface area (Å²) in [5, 5.41) is 0.600. The van der Waals surface area contributed by atoms with Crippen molar-refractivity contribution < 1.29 is 22.7 Å². The summed E-state index contributed by atoms with van der Waals surface area (Å²) >= 11 is 0. The van der Waals surface area contributed by atoms with E-state index in [2.05, 4.69) is 62.1 Å². The molecule has 0 spiro atoms. The zero-order valence-corrected chi connectivity index (χ0v) is 32.4. The average Bonchev–Trinajstić information content (AvgIpc) is 3.56. The minimum atomic E-state index is -4.34. The molecule has 4 aromatic rings. The number of nitrogens with one attached hydrogen (secondary N) is 1. The number of amides is 2. The summed E-state index contributed by atoms with van der Waals surface area (Å²) in [6, 6.07) is 13.8. The predicted molar refractivity (Wildman–Crippen MR) is 204 cm³/mol. The lowest BCUT2D eigenvalue weighted by atomic mass is 9.72. The van der Waals surface area contributed by atoms with Crippen molar-refractivity contribution in [2.24, 2.45) is 5.41 Å². The Morgan fingerprint density at radius 3 is 2.26 bits per heavy atom. The van der Waals surface area contributed by atoms with Crippen LogP contribution in [0.15, 0.2) is 47.6 Å². The number of fused-ring (bicyclic) bond motifs is 7. The van der Waals surface area contributed by atoms with E-state index in [9.17, 15) is 13.2 Å². The summed E-state index contributed by atoms with van der Waals surface area (Å²) in [7, 11) is -0.517. The van der Waals surface area contributed by atoms with Crippen LogP contribution >= 0.6 is 0 Å². The van der Waals surface area contributed by atoms with E-state index in [4.69, 9.17) is 4.74 Å². The normalized spacial score (nSPS) is 24.8. The topological polar surface area (TPSA) is 127 Å². The standard InChI is InChI=1S/C41H50N6O5S/c1-24-18-25(2)43-40(42-24)53(50,51)44-38(48)28-12-16-33-35(19-28)46-23-41(4,39(49)47-29-13-14-30(47)22-45(5)21-29)26(3)34-20-31(52-6)15-17-32(34)37(46)36(33)27-10-8-7-9-11-27/h12,15-20,26-27,29-30H,7-11,13-14,21-23H2,1-6H3,(H,44,48)/t26-,29?,30?,41?/m0/s1. The summed E-state index contributed by atoms with van der Waals surface area (Å²) in [5.74, 6) is 0.318. The number of nitrogens with zero attached hydrogens (tertiary/aromatic N) is 5. The highest BCUT2D eigenvalue weighted by molar-refractivity contribution is 7.89. The molecule has 280 valence electrons. The summed E-state index contributed by atoms with van der Waals surface area (Å²) in [5.41, 5.74) is 5.68. The average molecular weight is 739 g/mol. The number of piperazine rings is 1. The maximum Gasteiger partial charge on any atom is 0.300 e. The third kappa shape index (κ3) is 6.02. The molecule has 2 bridgehead atoms.